The fraction of sp³-hybridized carbons (Fsp3) is 0.294. The second-order valence-electron chi connectivity index (χ2n) is 4.76. The molecule has 0 fully saturated rings. The van der Waals surface area contributed by atoms with Gasteiger partial charge < -0.3 is 5.32 Å². The molecule has 0 aliphatic carbocycles. The maximum absolute atomic E-state index is 13.6. The minimum absolute atomic E-state index is 0.0339. The third-order valence-electron chi connectivity index (χ3n) is 3.41. The maximum Gasteiger partial charge on any atom is 0.123 e. The standard InChI is InChI=1S/C17H20FNS/c1-4-19-17(13-6-9-15(20-3)10-7-13)16-11-14(18)8-5-12(16)2/h5-11,17,19H,4H2,1-3H3. The molecule has 20 heavy (non-hydrogen) atoms. The number of benzene rings is 2. The van der Waals surface area contributed by atoms with Gasteiger partial charge in [0.15, 0.2) is 0 Å². The lowest BCUT2D eigenvalue weighted by molar-refractivity contribution is 0.600. The van der Waals surface area contributed by atoms with Crippen LogP contribution in [-0.4, -0.2) is 12.8 Å². The Bertz CT molecular complexity index is 566. The van der Waals surface area contributed by atoms with Gasteiger partial charge >= 0.3 is 0 Å². The molecule has 1 nitrogen and oxygen atoms in total. The Balaban J connectivity index is 2.41. The quantitative estimate of drug-likeness (QED) is 0.810. The van der Waals surface area contributed by atoms with Crippen molar-refractivity contribution in [3.63, 3.8) is 0 Å². The van der Waals surface area contributed by atoms with Gasteiger partial charge in [-0.1, -0.05) is 25.1 Å². The zero-order valence-electron chi connectivity index (χ0n) is 12.1. The van der Waals surface area contributed by atoms with Crippen LogP contribution in [0.15, 0.2) is 47.4 Å². The van der Waals surface area contributed by atoms with Gasteiger partial charge in [0, 0.05) is 4.90 Å². The highest BCUT2D eigenvalue weighted by Crippen LogP contribution is 2.27. The van der Waals surface area contributed by atoms with E-state index in [2.05, 4.69) is 42.8 Å². The summed E-state index contributed by atoms with van der Waals surface area (Å²) in [6, 6.07) is 13.5. The van der Waals surface area contributed by atoms with E-state index >= 15 is 0 Å². The van der Waals surface area contributed by atoms with Gasteiger partial charge in [-0.05, 0) is 60.7 Å². The average molecular weight is 289 g/mol. The van der Waals surface area contributed by atoms with Gasteiger partial charge in [0.25, 0.3) is 0 Å². The summed E-state index contributed by atoms with van der Waals surface area (Å²) in [5.74, 6) is -0.186. The fourth-order valence-corrected chi connectivity index (χ4v) is 2.74. The zero-order chi connectivity index (χ0) is 14.5. The van der Waals surface area contributed by atoms with Crippen molar-refractivity contribution in [3.8, 4) is 0 Å². The minimum Gasteiger partial charge on any atom is -0.307 e. The molecule has 0 amide bonds. The van der Waals surface area contributed by atoms with E-state index in [1.54, 1.807) is 17.8 Å². The summed E-state index contributed by atoms with van der Waals surface area (Å²) < 4.78 is 13.6. The number of hydrogen-bond acceptors (Lipinski definition) is 2. The average Bonchev–Trinajstić information content (AvgIpc) is 2.48. The maximum atomic E-state index is 13.6. The number of aryl methyl sites for hydroxylation is 1. The summed E-state index contributed by atoms with van der Waals surface area (Å²) in [6.45, 7) is 4.93. The van der Waals surface area contributed by atoms with Crippen molar-refractivity contribution in [1.82, 2.24) is 5.32 Å². The molecule has 0 heterocycles. The molecule has 0 aliphatic rings. The zero-order valence-corrected chi connectivity index (χ0v) is 12.9. The summed E-state index contributed by atoms with van der Waals surface area (Å²) in [5, 5.41) is 3.45. The Morgan fingerprint density at radius 2 is 1.85 bits per heavy atom. The largest absolute Gasteiger partial charge is 0.307 e. The van der Waals surface area contributed by atoms with Crippen LogP contribution in [0.1, 0.15) is 29.7 Å². The van der Waals surface area contributed by atoms with Gasteiger partial charge in [0.05, 0.1) is 6.04 Å². The summed E-state index contributed by atoms with van der Waals surface area (Å²) in [7, 11) is 0. The Kier molecular flexibility index (Phi) is 5.21. The first-order chi connectivity index (χ1) is 9.65. The third kappa shape index (κ3) is 3.41. The van der Waals surface area contributed by atoms with Crippen molar-refractivity contribution in [2.45, 2.75) is 24.8 Å². The Hall–Kier alpha value is -1.32. The molecule has 1 atom stereocenters. The lowest BCUT2D eigenvalue weighted by Crippen LogP contribution is -2.22. The summed E-state index contributed by atoms with van der Waals surface area (Å²) in [4.78, 5) is 1.24. The molecular formula is C17H20FNS. The number of hydrogen-bond donors (Lipinski definition) is 1. The molecule has 106 valence electrons. The van der Waals surface area contributed by atoms with Gasteiger partial charge in [-0.3, -0.25) is 0 Å². The van der Waals surface area contributed by atoms with E-state index < -0.39 is 0 Å². The van der Waals surface area contributed by atoms with Crippen molar-refractivity contribution >= 4 is 11.8 Å². The van der Waals surface area contributed by atoms with E-state index in [1.165, 1.54) is 16.5 Å². The molecule has 0 radical (unpaired) electrons. The predicted molar refractivity (Wildman–Crippen MR) is 84.9 cm³/mol. The van der Waals surface area contributed by atoms with E-state index in [0.717, 1.165) is 17.7 Å². The van der Waals surface area contributed by atoms with Gasteiger partial charge in [-0.2, -0.15) is 0 Å². The van der Waals surface area contributed by atoms with Crippen LogP contribution < -0.4 is 5.32 Å². The second kappa shape index (κ2) is 6.91. The molecule has 0 saturated carbocycles. The Morgan fingerprint density at radius 1 is 1.15 bits per heavy atom. The molecule has 0 saturated heterocycles. The number of nitrogens with one attached hydrogen (secondary N) is 1. The molecule has 3 heteroatoms. The fourth-order valence-electron chi connectivity index (χ4n) is 2.33. The highest BCUT2D eigenvalue weighted by molar-refractivity contribution is 7.98. The number of halogens is 1. The summed E-state index contributed by atoms with van der Waals surface area (Å²) in [6.07, 6.45) is 2.06. The van der Waals surface area contributed by atoms with Crippen LogP contribution in [-0.2, 0) is 0 Å². The molecule has 1 N–H and O–H groups in total. The highest BCUT2D eigenvalue weighted by Gasteiger charge is 2.15. The Labute approximate surface area is 124 Å². The van der Waals surface area contributed by atoms with Crippen molar-refractivity contribution in [2.75, 3.05) is 12.8 Å². The summed E-state index contributed by atoms with van der Waals surface area (Å²) >= 11 is 1.72. The number of rotatable bonds is 5. The molecule has 0 spiro atoms. The first kappa shape index (κ1) is 15.1. The van der Waals surface area contributed by atoms with Crippen LogP contribution in [0.2, 0.25) is 0 Å². The second-order valence-corrected chi connectivity index (χ2v) is 5.64. The summed E-state index contributed by atoms with van der Waals surface area (Å²) in [5.41, 5.74) is 3.27. The molecule has 1 unspecified atom stereocenters. The molecule has 2 aromatic carbocycles. The third-order valence-corrected chi connectivity index (χ3v) is 4.15. The van der Waals surface area contributed by atoms with E-state index in [4.69, 9.17) is 0 Å². The van der Waals surface area contributed by atoms with Gasteiger partial charge in [0.2, 0.25) is 0 Å². The molecule has 0 bridgehead atoms. The van der Waals surface area contributed by atoms with Crippen LogP contribution >= 0.6 is 11.8 Å². The topological polar surface area (TPSA) is 12.0 Å². The number of thioether (sulfide) groups is 1. The lowest BCUT2D eigenvalue weighted by Gasteiger charge is -2.21. The van der Waals surface area contributed by atoms with E-state index in [-0.39, 0.29) is 11.9 Å². The van der Waals surface area contributed by atoms with Crippen molar-refractivity contribution in [1.29, 1.82) is 0 Å². The van der Waals surface area contributed by atoms with Crippen LogP contribution in [0, 0.1) is 12.7 Å². The van der Waals surface area contributed by atoms with Crippen molar-refractivity contribution in [2.24, 2.45) is 0 Å². The van der Waals surface area contributed by atoms with Crippen LogP contribution in [0.5, 0.6) is 0 Å². The van der Waals surface area contributed by atoms with Crippen LogP contribution in [0.25, 0.3) is 0 Å². The van der Waals surface area contributed by atoms with Crippen LogP contribution in [0.3, 0.4) is 0 Å². The first-order valence-corrected chi connectivity index (χ1v) is 8.01. The molecule has 2 rings (SSSR count). The highest BCUT2D eigenvalue weighted by atomic mass is 32.2. The monoisotopic (exact) mass is 289 g/mol. The Morgan fingerprint density at radius 3 is 2.45 bits per heavy atom. The van der Waals surface area contributed by atoms with Crippen LogP contribution in [0.4, 0.5) is 4.39 Å². The molecule has 2 aromatic rings. The molecule has 0 aliphatic heterocycles. The molecular weight excluding hydrogens is 269 g/mol. The van der Waals surface area contributed by atoms with E-state index in [1.807, 2.05) is 13.0 Å². The van der Waals surface area contributed by atoms with Gasteiger partial charge in [0.1, 0.15) is 5.82 Å². The minimum atomic E-state index is -0.186. The first-order valence-electron chi connectivity index (χ1n) is 6.79. The normalized spacial score (nSPS) is 12.4. The SMILES string of the molecule is CCNC(c1ccc(SC)cc1)c1cc(F)ccc1C. The van der Waals surface area contributed by atoms with E-state index in [9.17, 15) is 4.39 Å². The van der Waals surface area contributed by atoms with Gasteiger partial charge in [-0.15, -0.1) is 11.8 Å². The van der Waals surface area contributed by atoms with Crippen molar-refractivity contribution in [3.05, 3.63) is 65.0 Å². The molecule has 0 aromatic heterocycles. The van der Waals surface area contributed by atoms with Crippen molar-refractivity contribution < 1.29 is 4.39 Å². The van der Waals surface area contributed by atoms with Gasteiger partial charge in [-0.25, -0.2) is 4.39 Å². The predicted octanol–water partition coefficient (Wildman–Crippen LogP) is 4.55. The smallest absolute Gasteiger partial charge is 0.123 e. The van der Waals surface area contributed by atoms with E-state index in [0.29, 0.717) is 0 Å². The lowest BCUT2D eigenvalue weighted by atomic mass is 9.95.